The number of anilines is 2. The summed E-state index contributed by atoms with van der Waals surface area (Å²) in [6.07, 6.45) is 0.0565. The molecule has 29 heavy (non-hydrogen) atoms. The van der Waals surface area contributed by atoms with E-state index in [2.05, 4.69) is 10.6 Å². The van der Waals surface area contributed by atoms with Gasteiger partial charge in [-0.05, 0) is 43.3 Å². The third kappa shape index (κ3) is 5.09. The molecule has 0 radical (unpaired) electrons. The van der Waals surface area contributed by atoms with E-state index in [0.29, 0.717) is 17.9 Å². The molecule has 0 saturated heterocycles. The van der Waals surface area contributed by atoms with E-state index >= 15 is 0 Å². The predicted octanol–water partition coefficient (Wildman–Crippen LogP) is 4.10. The van der Waals surface area contributed by atoms with Crippen LogP contribution in [0.5, 0.6) is 0 Å². The van der Waals surface area contributed by atoms with Gasteiger partial charge in [0.25, 0.3) is 0 Å². The number of fused-ring (bicyclic) bond motifs is 1. The minimum atomic E-state index is -3.81. The second-order valence-corrected chi connectivity index (χ2v) is 10.5. The number of amides is 2. The van der Waals surface area contributed by atoms with Gasteiger partial charge in [0, 0.05) is 29.2 Å². The van der Waals surface area contributed by atoms with Gasteiger partial charge in [0.15, 0.2) is 9.84 Å². The van der Waals surface area contributed by atoms with Gasteiger partial charge >= 0.3 is 0 Å². The molecule has 0 bridgehead atoms. The number of rotatable bonds is 5. The molecule has 6 nitrogen and oxygen atoms in total. The number of sulfone groups is 1. The smallest absolute Gasteiger partial charge is 0.225 e. The molecular weight excluding hydrogens is 439 g/mol. The quantitative estimate of drug-likeness (QED) is 0.706. The molecule has 1 heterocycles. The minimum absolute atomic E-state index is 0.0316. The van der Waals surface area contributed by atoms with Crippen molar-refractivity contribution in [1.82, 2.24) is 0 Å². The molecule has 3 rings (SSSR count). The van der Waals surface area contributed by atoms with Crippen molar-refractivity contribution in [3.05, 3.63) is 47.2 Å². The van der Waals surface area contributed by atoms with Crippen molar-refractivity contribution in [3.63, 3.8) is 0 Å². The van der Waals surface area contributed by atoms with E-state index < -0.39 is 26.8 Å². The highest BCUT2D eigenvalue weighted by Crippen LogP contribution is 2.33. The van der Waals surface area contributed by atoms with Crippen molar-refractivity contribution in [2.45, 2.75) is 34.8 Å². The van der Waals surface area contributed by atoms with E-state index in [1.165, 1.54) is 43.0 Å². The van der Waals surface area contributed by atoms with Crippen LogP contribution in [-0.2, 0) is 19.4 Å². The summed E-state index contributed by atoms with van der Waals surface area (Å²) in [5, 5.41) is 4.07. The number of hydrogen-bond donors (Lipinski definition) is 2. The minimum Gasteiger partial charge on any atom is -0.326 e. The third-order valence-electron chi connectivity index (χ3n) is 4.35. The zero-order valence-corrected chi connectivity index (χ0v) is 17.8. The summed E-state index contributed by atoms with van der Waals surface area (Å²) in [4.78, 5) is 24.8. The zero-order chi connectivity index (χ0) is 21.2. The summed E-state index contributed by atoms with van der Waals surface area (Å²) >= 11 is 7.16. The van der Waals surface area contributed by atoms with Crippen LogP contribution in [0.15, 0.2) is 46.2 Å². The summed E-state index contributed by atoms with van der Waals surface area (Å²) in [7, 11) is -3.81. The van der Waals surface area contributed by atoms with Crippen LogP contribution in [0.1, 0.15) is 19.8 Å². The zero-order valence-electron chi connectivity index (χ0n) is 15.4. The molecule has 0 fully saturated rings. The summed E-state index contributed by atoms with van der Waals surface area (Å²) in [6, 6.07) is 8.26. The first-order chi connectivity index (χ1) is 13.7. The number of carbonyl (C=O) groups is 2. The maximum Gasteiger partial charge on any atom is 0.225 e. The fourth-order valence-corrected chi connectivity index (χ4v) is 5.26. The SMILES string of the molecule is C[C@@H](CC(=O)Nc1ccc(F)c(Cl)c1)S(=O)(=O)c1ccc2c(c1)NC(=O)CCS2. The van der Waals surface area contributed by atoms with E-state index in [1.54, 1.807) is 6.07 Å². The lowest BCUT2D eigenvalue weighted by molar-refractivity contribution is -0.116. The molecular formula is C19H18ClFN2O4S2. The highest BCUT2D eigenvalue weighted by atomic mass is 35.5. The average molecular weight is 457 g/mol. The number of nitrogens with one attached hydrogen (secondary N) is 2. The molecule has 154 valence electrons. The molecule has 0 spiro atoms. The molecule has 0 aromatic heterocycles. The lowest BCUT2D eigenvalue weighted by atomic mass is 10.2. The van der Waals surface area contributed by atoms with Crippen LogP contribution >= 0.6 is 23.4 Å². The summed E-state index contributed by atoms with van der Waals surface area (Å²) in [5.41, 5.74) is 0.729. The fraction of sp³-hybridized carbons (Fsp3) is 0.263. The van der Waals surface area contributed by atoms with Crippen molar-refractivity contribution in [2.75, 3.05) is 16.4 Å². The van der Waals surface area contributed by atoms with Gasteiger partial charge in [-0.3, -0.25) is 9.59 Å². The van der Waals surface area contributed by atoms with Gasteiger partial charge in [-0.1, -0.05) is 11.6 Å². The molecule has 1 aliphatic rings. The van der Waals surface area contributed by atoms with Gasteiger partial charge in [0.2, 0.25) is 11.8 Å². The van der Waals surface area contributed by atoms with Crippen molar-refractivity contribution in [3.8, 4) is 0 Å². The Labute approximate surface area is 177 Å². The Morgan fingerprint density at radius 2 is 2.07 bits per heavy atom. The van der Waals surface area contributed by atoms with Crippen molar-refractivity contribution in [1.29, 1.82) is 0 Å². The van der Waals surface area contributed by atoms with Crippen LogP contribution in [0.3, 0.4) is 0 Å². The van der Waals surface area contributed by atoms with Crippen LogP contribution in [0, 0.1) is 5.82 Å². The molecule has 1 aliphatic heterocycles. The van der Waals surface area contributed by atoms with Crippen LogP contribution in [0.2, 0.25) is 5.02 Å². The van der Waals surface area contributed by atoms with Crippen molar-refractivity contribution in [2.24, 2.45) is 0 Å². The molecule has 0 aliphatic carbocycles. The summed E-state index contributed by atoms with van der Waals surface area (Å²) in [5.74, 6) is -0.706. The fourth-order valence-electron chi connectivity index (χ4n) is 2.77. The Bertz CT molecular complexity index is 1080. The van der Waals surface area contributed by atoms with Crippen molar-refractivity contribution >= 4 is 56.4 Å². The Morgan fingerprint density at radius 3 is 2.79 bits per heavy atom. The predicted molar refractivity (Wildman–Crippen MR) is 112 cm³/mol. The molecule has 2 amide bonds. The molecule has 0 unspecified atom stereocenters. The average Bonchev–Trinajstić information content (AvgIpc) is 2.84. The highest BCUT2D eigenvalue weighted by molar-refractivity contribution is 7.99. The van der Waals surface area contributed by atoms with E-state index in [1.807, 2.05) is 0 Å². The van der Waals surface area contributed by atoms with E-state index in [0.717, 1.165) is 11.0 Å². The molecule has 10 heteroatoms. The number of thioether (sulfide) groups is 1. The highest BCUT2D eigenvalue weighted by Gasteiger charge is 2.27. The van der Waals surface area contributed by atoms with Crippen LogP contribution < -0.4 is 10.6 Å². The second-order valence-electron chi connectivity index (χ2n) is 6.54. The molecule has 2 aromatic carbocycles. The van der Waals surface area contributed by atoms with E-state index in [-0.39, 0.29) is 27.9 Å². The maximum absolute atomic E-state index is 13.2. The normalized spacial score (nSPS) is 15.1. The number of carbonyl (C=O) groups excluding carboxylic acids is 2. The maximum atomic E-state index is 13.2. The second kappa shape index (κ2) is 8.73. The first-order valence-corrected chi connectivity index (χ1v) is 11.6. The summed E-state index contributed by atoms with van der Waals surface area (Å²) < 4.78 is 39.0. The molecule has 2 N–H and O–H groups in total. The van der Waals surface area contributed by atoms with Gasteiger partial charge < -0.3 is 10.6 Å². The van der Waals surface area contributed by atoms with E-state index in [4.69, 9.17) is 11.6 Å². The van der Waals surface area contributed by atoms with Crippen LogP contribution in [-0.4, -0.2) is 31.2 Å². The first-order valence-electron chi connectivity index (χ1n) is 8.72. The van der Waals surface area contributed by atoms with Gasteiger partial charge in [-0.15, -0.1) is 11.8 Å². The number of benzene rings is 2. The van der Waals surface area contributed by atoms with E-state index in [9.17, 15) is 22.4 Å². The number of hydrogen-bond acceptors (Lipinski definition) is 5. The van der Waals surface area contributed by atoms with Gasteiger partial charge in [0.05, 0.1) is 20.9 Å². The van der Waals surface area contributed by atoms with Gasteiger partial charge in [-0.25, -0.2) is 12.8 Å². The van der Waals surface area contributed by atoms with Gasteiger partial charge in [0.1, 0.15) is 5.82 Å². The Hall–Kier alpha value is -2.10. The Kier molecular flexibility index (Phi) is 6.50. The van der Waals surface area contributed by atoms with Gasteiger partial charge in [-0.2, -0.15) is 0 Å². The topological polar surface area (TPSA) is 92.3 Å². The number of halogens is 2. The molecule has 1 atom stereocenters. The summed E-state index contributed by atoms with van der Waals surface area (Å²) in [6.45, 7) is 1.44. The van der Waals surface area contributed by atoms with Crippen LogP contribution in [0.25, 0.3) is 0 Å². The first kappa shape index (κ1) is 21.6. The molecule has 2 aromatic rings. The Morgan fingerprint density at radius 1 is 1.31 bits per heavy atom. The lowest BCUT2D eigenvalue weighted by Crippen LogP contribution is -2.25. The largest absolute Gasteiger partial charge is 0.326 e. The van der Waals surface area contributed by atoms with Crippen molar-refractivity contribution < 1.29 is 22.4 Å². The van der Waals surface area contributed by atoms with Crippen LogP contribution in [0.4, 0.5) is 15.8 Å². The standard InChI is InChI=1S/C19H18ClFN2O4S2/c1-11(8-19(25)22-12-2-4-15(21)14(20)9-12)29(26,27)13-3-5-17-16(10-13)23-18(24)6-7-28-17/h2-5,9-11H,6-8H2,1H3,(H,22,25)(H,23,24)/t11-/m0/s1. The lowest BCUT2D eigenvalue weighted by Gasteiger charge is -2.15. The molecule has 0 saturated carbocycles. The monoisotopic (exact) mass is 456 g/mol. The third-order valence-corrected chi connectivity index (χ3v) is 7.85. The Balaban J connectivity index is 1.74.